The van der Waals surface area contributed by atoms with Crippen LogP contribution in [0.15, 0.2) is 29.0 Å². The Kier molecular flexibility index (Phi) is 3.90. The summed E-state index contributed by atoms with van der Waals surface area (Å²) in [6.07, 6.45) is 4.20. The van der Waals surface area contributed by atoms with Crippen LogP contribution in [-0.4, -0.2) is 21.7 Å². The van der Waals surface area contributed by atoms with Gasteiger partial charge in [-0.05, 0) is 6.42 Å². The highest BCUT2D eigenvalue weighted by molar-refractivity contribution is 5.27. The van der Waals surface area contributed by atoms with Crippen LogP contribution in [-0.2, 0) is 6.54 Å². The van der Waals surface area contributed by atoms with Gasteiger partial charge in [0.05, 0.1) is 19.3 Å². The van der Waals surface area contributed by atoms with Crippen LogP contribution in [0.3, 0.4) is 0 Å². The number of ether oxygens (including phenoxy) is 1. The maximum atomic E-state index is 5.41. The monoisotopic (exact) mass is 234 g/mol. The van der Waals surface area contributed by atoms with Crippen molar-refractivity contribution in [2.45, 2.75) is 19.9 Å². The second kappa shape index (κ2) is 5.83. The molecule has 0 unspecified atom stereocenters. The zero-order valence-electron chi connectivity index (χ0n) is 9.59. The Labute approximate surface area is 99.0 Å². The van der Waals surface area contributed by atoms with Gasteiger partial charge in [0.2, 0.25) is 11.8 Å². The largest absolute Gasteiger partial charge is 0.478 e. The maximum absolute atomic E-state index is 5.41. The lowest BCUT2D eigenvalue weighted by atomic mass is 10.4. The van der Waals surface area contributed by atoms with Crippen LogP contribution >= 0.6 is 0 Å². The zero-order chi connectivity index (χ0) is 11.9. The van der Waals surface area contributed by atoms with Crippen molar-refractivity contribution in [3.8, 4) is 5.88 Å². The quantitative estimate of drug-likeness (QED) is 0.822. The van der Waals surface area contributed by atoms with E-state index in [9.17, 15) is 0 Å². The summed E-state index contributed by atoms with van der Waals surface area (Å²) in [5, 5.41) is 6.64. The van der Waals surface area contributed by atoms with E-state index in [1.807, 2.05) is 6.92 Å². The second-order valence-electron chi connectivity index (χ2n) is 3.40. The number of nitrogens with one attached hydrogen (secondary N) is 1. The summed E-state index contributed by atoms with van der Waals surface area (Å²) in [6.45, 7) is 3.19. The van der Waals surface area contributed by atoms with E-state index in [-0.39, 0.29) is 0 Å². The van der Waals surface area contributed by atoms with Crippen LogP contribution in [0.1, 0.15) is 19.1 Å². The van der Waals surface area contributed by atoms with Crippen LogP contribution in [0.2, 0.25) is 0 Å². The molecule has 2 rings (SSSR count). The van der Waals surface area contributed by atoms with Crippen LogP contribution in [0.4, 0.5) is 5.95 Å². The molecule has 0 aromatic carbocycles. The van der Waals surface area contributed by atoms with Crippen LogP contribution in [0.25, 0.3) is 0 Å². The molecule has 0 spiro atoms. The molecule has 0 fully saturated rings. The molecule has 2 aromatic rings. The third kappa shape index (κ3) is 3.44. The Morgan fingerprint density at radius 1 is 1.35 bits per heavy atom. The summed E-state index contributed by atoms with van der Waals surface area (Å²) in [6, 6.07) is 3.51. The van der Waals surface area contributed by atoms with Crippen LogP contribution < -0.4 is 10.1 Å². The molecule has 6 heteroatoms. The van der Waals surface area contributed by atoms with Gasteiger partial charge < -0.3 is 14.6 Å². The third-order valence-corrected chi connectivity index (χ3v) is 2.00. The standard InChI is InChI=1S/C11H14N4O2/c1-2-7-16-10-4-5-12-11(15-10)13-8-9-3-6-14-17-9/h3-6H,2,7-8H2,1H3,(H,12,13,15). The van der Waals surface area contributed by atoms with Gasteiger partial charge in [0.25, 0.3) is 0 Å². The highest BCUT2D eigenvalue weighted by atomic mass is 16.5. The molecule has 1 N–H and O–H groups in total. The Morgan fingerprint density at radius 3 is 3.06 bits per heavy atom. The Morgan fingerprint density at radius 2 is 2.29 bits per heavy atom. The minimum atomic E-state index is 0.497. The molecular formula is C11H14N4O2. The predicted octanol–water partition coefficient (Wildman–Crippen LogP) is 1.87. The lowest BCUT2D eigenvalue weighted by Crippen LogP contribution is -2.04. The van der Waals surface area contributed by atoms with Crippen molar-refractivity contribution in [2.75, 3.05) is 11.9 Å². The first-order valence-electron chi connectivity index (χ1n) is 5.47. The van der Waals surface area contributed by atoms with Crippen molar-refractivity contribution < 1.29 is 9.26 Å². The van der Waals surface area contributed by atoms with Gasteiger partial charge >= 0.3 is 0 Å². The lowest BCUT2D eigenvalue weighted by molar-refractivity contribution is 0.305. The van der Waals surface area contributed by atoms with Crippen molar-refractivity contribution in [1.82, 2.24) is 15.1 Å². The van der Waals surface area contributed by atoms with E-state index in [0.717, 1.165) is 12.2 Å². The van der Waals surface area contributed by atoms with Crippen molar-refractivity contribution in [2.24, 2.45) is 0 Å². The zero-order valence-corrected chi connectivity index (χ0v) is 9.59. The average molecular weight is 234 g/mol. The molecule has 90 valence electrons. The van der Waals surface area contributed by atoms with Crippen LogP contribution in [0, 0.1) is 0 Å². The first-order chi connectivity index (χ1) is 8.38. The molecule has 0 aliphatic carbocycles. The van der Waals surface area contributed by atoms with E-state index in [1.54, 1.807) is 24.5 Å². The third-order valence-electron chi connectivity index (χ3n) is 2.00. The number of nitrogens with zero attached hydrogens (tertiary/aromatic N) is 3. The normalized spacial score (nSPS) is 10.2. The Balaban J connectivity index is 1.91. The van der Waals surface area contributed by atoms with Gasteiger partial charge in [0.1, 0.15) is 0 Å². The molecule has 0 aliphatic heterocycles. The molecule has 6 nitrogen and oxygen atoms in total. The molecule has 0 radical (unpaired) electrons. The van der Waals surface area contributed by atoms with E-state index >= 15 is 0 Å². The summed E-state index contributed by atoms with van der Waals surface area (Å²) < 4.78 is 10.4. The fourth-order valence-electron chi connectivity index (χ4n) is 1.21. The molecule has 17 heavy (non-hydrogen) atoms. The summed E-state index contributed by atoms with van der Waals surface area (Å²) in [7, 11) is 0. The molecule has 0 saturated heterocycles. The van der Waals surface area contributed by atoms with Crippen molar-refractivity contribution in [3.05, 3.63) is 30.3 Å². The van der Waals surface area contributed by atoms with E-state index in [0.29, 0.717) is 25.0 Å². The minimum absolute atomic E-state index is 0.497. The fourth-order valence-corrected chi connectivity index (χ4v) is 1.21. The van der Waals surface area contributed by atoms with E-state index in [4.69, 9.17) is 9.26 Å². The van der Waals surface area contributed by atoms with Crippen molar-refractivity contribution in [1.29, 1.82) is 0 Å². The molecule has 0 saturated carbocycles. The molecular weight excluding hydrogens is 220 g/mol. The van der Waals surface area contributed by atoms with Crippen molar-refractivity contribution >= 4 is 5.95 Å². The Bertz CT molecular complexity index is 444. The minimum Gasteiger partial charge on any atom is -0.478 e. The molecule has 0 atom stereocenters. The van der Waals surface area contributed by atoms with Gasteiger partial charge in [0.15, 0.2) is 5.76 Å². The first-order valence-corrected chi connectivity index (χ1v) is 5.47. The SMILES string of the molecule is CCCOc1ccnc(NCc2ccno2)n1. The number of hydrogen-bond donors (Lipinski definition) is 1. The van der Waals surface area contributed by atoms with E-state index in [2.05, 4.69) is 20.4 Å². The fraction of sp³-hybridized carbons (Fsp3) is 0.364. The molecule has 0 aliphatic rings. The van der Waals surface area contributed by atoms with Gasteiger partial charge in [-0.15, -0.1) is 0 Å². The van der Waals surface area contributed by atoms with Gasteiger partial charge in [-0.2, -0.15) is 4.98 Å². The predicted molar refractivity (Wildman–Crippen MR) is 61.6 cm³/mol. The summed E-state index contributed by atoms with van der Waals surface area (Å²) in [5.74, 6) is 1.81. The van der Waals surface area contributed by atoms with E-state index < -0.39 is 0 Å². The highest BCUT2D eigenvalue weighted by Gasteiger charge is 2.01. The summed E-state index contributed by atoms with van der Waals surface area (Å²) in [5.41, 5.74) is 0. The van der Waals surface area contributed by atoms with Gasteiger partial charge in [-0.3, -0.25) is 0 Å². The summed E-state index contributed by atoms with van der Waals surface area (Å²) >= 11 is 0. The topological polar surface area (TPSA) is 73.1 Å². The number of rotatable bonds is 6. The van der Waals surface area contributed by atoms with Gasteiger partial charge in [0, 0.05) is 18.3 Å². The van der Waals surface area contributed by atoms with E-state index in [1.165, 1.54) is 0 Å². The van der Waals surface area contributed by atoms with Crippen LogP contribution in [0.5, 0.6) is 5.88 Å². The smallest absolute Gasteiger partial charge is 0.226 e. The molecule has 2 heterocycles. The van der Waals surface area contributed by atoms with Gasteiger partial charge in [-0.1, -0.05) is 12.1 Å². The molecule has 0 amide bonds. The average Bonchev–Trinajstić information content (AvgIpc) is 2.87. The molecule has 2 aromatic heterocycles. The highest BCUT2D eigenvalue weighted by Crippen LogP contribution is 2.09. The number of anilines is 1. The molecule has 0 bridgehead atoms. The second-order valence-corrected chi connectivity index (χ2v) is 3.40. The number of hydrogen-bond acceptors (Lipinski definition) is 6. The first kappa shape index (κ1) is 11.4. The van der Waals surface area contributed by atoms with Crippen molar-refractivity contribution in [3.63, 3.8) is 0 Å². The summed E-state index contributed by atoms with van der Waals surface area (Å²) in [4.78, 5) is 8.29. The number of aromatic nitrogens is 3. The lowest BCUT2D eigenvalue weighted by Gasteiger charge is -2.05. The van der Waals surface area contributed by atoms with Gasteiger partial charge in [-0.25, -0.2) is 4.98 Å². The Hall–Kier alpha value is -2.11. The maximum Gasteiger partial charge on any atom is 0.226 e.